The van der Waals surface area contributed by atoms with Gasteiger partial charge < -0.3 is 9.64 Å². The van der Waals surface area contributed by atoms with Gasteiger partial charge in [-0.15, -0.1) is 0 Å². The molecule has 9 nitrogen and oxygen atoms in total. The predicted molar refractivity (Wildman–Crippen MR) is 109 cm³/mol. The molecule has 1 aromatic carbocycles. The predicted octanol–water partition coefficient (Wildman–Crippen LogP) is 2.56. The van der Waals surface area contributed by atoms with Crippen LogP contribution in [0.5, 0.6) is 0 Å². The van der Waals surface area contributed by atoms with E-state index in [-0.39, 0.29) is 36.7 Å². The molecular weight excluding hydrogens is 408 g/mol. The van der Waals surface area contributed by atoms with Crippen molar-refractivity contribution in [2.75, 3.05) is 23.4 Å². The molecule has 2 aliphatic rings. The number of ether oxygens (including phenoxy) is 1. The third-order valence-corrected chi connectivity index (χ3v) is 5.91. The summed E-state index contributed by atoms with van der Waals surface area (Å²) in [5.41, 5.74) is 1.72. The lowest BCUT2D eigenvalue weighted by Crippen LogP contribution is -2.35. The fourth-order valence-electron chi connectivity index (χ4n) is 3.42. The number of carbonyl (C=O) groups excluding carboxylic acids is 4. The molecule has 0 atom stereocenters. The van der Waals surface area contributed by atoms with Crippen LogP contribution >= 0.6 is 11.3 Å². The summed E-state index contributed by atoms with van der Waals surface area (Å²) in [6.45, 7) is 3.03. The zero-order chi connectivity index (χ0) is 21.3. The molecule has 30 heavy (non-hydrogen) atoms. The number of hydrogen-bond acceptors (Lipinski definition) is 7. The summed E-state index contributed by atoms with van der Waals surface area (Å²) in [5.74, 6) is -0.807. The molecule has 1 N–H and O–H groups in total. The monoisotopic (exact) mass is 428 g/mol. The second-order valence-electron chi connectivity index (χ2n) is 6.88. The normalized spacial score (nSPS) is 15.9. The zero-order valence-corrected chi connectivity index (χ0v) is 17.2. The standard InChI is InChI=1S/C20H20N4O5S/c1-2-29-20(28)23-10-9-14-15(11-23)30-19(21-14)22-18(27)12-3-5-13(6-4-12)24-16(25)7-8-17(24)26/h3-6H,2,7-11H2,1H3,(H,21,22,27). The van der Waals surface area contributed by atoms with Gasteiger partial charge in [0.05, 0.1) is 24.5 Å². The Morgan fingerprint density at radius 3 is 2.50 bits per heavy atom. The van der Waals surface area contributed by atoms with E-state index in [1.807, 2.05) is 0 Å². The number of carbonyl (C=O) groups is 4. The number of benzene rings is 1. The number of rotatable bonds is 4. The lowest BCUT2D eigenvalue weighted by atomic mass is 10.2. The molecular formula is C20H20N4O5S. The van der Waals surface area contributed by atoms with Gasteiger partial charge in [-0.2, -0.15) is 0 Å². The van der Waals surface area contributed by atoms with Crippen molar-refractivity contribution in [2.45, 2.75) is 32.7 Å². The Morgan fingerprint density at radius 2 is 1.83 bits per heavy atom. The average Bonchev–Trinajstić information content (AvgIpc) is 3.29. The van der Waals surface area contributed by atoms with Crippen LogP contribution in [0.25, 0.3) is 0 Å². The molecule has 1 fully saturated rings. The number of amides is 4. The summed E-state index contributed by atoms with van der Waals surface area (Å²) in [4.78, 5) is 56.3. The van der Waals surface area contributed by atoms with Crippen LogP contribution in [0.1, 0.15) is 40.7 Å². The summed E-state index contributed by atoms with van der Waals surface area (Å²) in [7, 11) is 0. The highest BCUT2D eigenvalue weighted by Crippen LogP contribution is 2.29. The lowest BCUT2D eigenvalue weighted by molar-refractivity contribution is -0.121. The second-order valence-corrected chi connectivity index (χ2v) is 7.97. The van der Waals surface area contributed by atoms with Crippen LogP contribution in [0.15, 0.2) is 24.3 Å². The fraction of sp³-hybridized carbons (Fsp3) is 0.350. The van der Waals surface area contributed by atoms with Crippen LogP contribution in [0.3, 0.4) is 0 Å². The molecule has 0 aliphatic carbocycles. The van der Waals surface area contributed by atoms with Crippen molar-refractivity contribution < 1.29 is 23.9 Å². The van der Waals surface area contributed by atoms with Crippen LogP contribution in [-0.2, 0) is 27.3 Å². The van der Waals surface area contributed by atoms with Gasteiger partial charge >= 0.3 is 6.09 Å². The van der Waals surface area contributed by atoms with Crippen LogP contribution < -0.4 is 10.2 Å². The van der Waals surface area contributed by atoms with Crippen molar-refractivity contribution in [1.82, 2.24) is 9.88 Å². The van der Waals surface area contributed by atoms with Gasteiger partial charge in [-0.05, 0) is 31.2 Å². The molecule has 0 radical (unpaired) electrons. The maximum atomic E-state index is 12.6. The minimum atomic E-state index is -0.350. The summed E-state index contributed by atoms with van der Waals surface area (Å²) in [6, 6.07) is 6.30. The number of fused-ring (bicyclic) bond motifs is 1. The Labute approximate surface area is 176 Å². The van der Waals surface area contributed by atoms with Gasteiger partial charge in [0.15, 0.2) is 5.13 Å². The number of imide groups is 1. The van der Waals surface area contributed by atoms with Crippen molar-refractivity contribution in [3.63, 3.8) is 0 Å². The Hall–Kier alpha value is -3.27. The quantitative estimate of drug-likeness (QED) is 0.750. The first-order valence-corrected chi connectivity index (χ1v) is 10.5. The van der Waals surface area contributed by atoms with Crippen LogP contribution in [0.4, 0.5) is 15.6 Å². The number of aromatic nitrogens is 1. The molecule has 156 valence electrons. The lowest BCUT2D eigenvalue weighted by Gasteiger charge is -2.24. The molecule has 3 heterocycles. The highest BCUT2D eigenvalue weighted by Gasteiger charge is 2.30. The van der Waals surface area contributed by atoms with Gasteiger partial charge in [0, 0.05) is 36.2 Å². The molecule has 4 amide bonds. The van der Waals surface area contributed by atoms with Crippen molar-refractivity contribution >= 4 is 46.0 Å². The van der Waals surface area contributed by atoms with E-state index >= 15 is 0 Å². The van der Waals surface area contributed by atoms with Gasteiger partial charge in [-0.25, -0.2) is 9.78 Å². The molecule has 2 aliphatic heterocycles. The average molecular weight is 428 g/mol. The minimum Gasteiger partial charge on any atom is -0.450 e. The highest BCUT2D eigenvalue weighted by atomic mass is 32.1. The summed E-state index contributed by atoms with van der Waals surface area (Å²) < 4.78 is 5.04. The van der Waals surface area contributed by atoms with Crippen LogP contribution in [0, 0.1) is 0 Å². The minimum absolute atomic E-state index is 0.212. The molecule has 4 rings (SSSR count). The van der Waals surface area contributed by atoms with E-state index in [2.05, 4.69) is 10.3 Å². The number of thiazole rings is 1. The Balaban J connectivity index is 1.42. The second kappa shape index (κ2) is 8.23. The number of hydrogen-bond donors (Lipinski definition) is 1. The van der Waals surface area contributed by atoms with E-state index in [4.69, 9.17) is 4.74 Å². The van der Waals surface area contributed by atoms with E-state index in [1.54, 1.807) is 36.1 Å². The Morgan fingerprint density at radius 1 is 1.13 bits per heavy atom. The summed E-state index contributed by atoms with van der Waals surface area (Å²) >= 11 is 1.33. The van der Waals surface area contributed by atoms with E-state index in [1.165, 1.54) is 11.3 Å². The fourth-order valence-corrected chi connectivity index (χ4v) is 4.43. The molecule has 0 bridgehead atoms. The number of nitrogens with zero attached hydrogens (tertiary/aromatic N) is 3. The number of nitrogens with one attached hydrogen (secondary N) is 1. The molecule has 0 unspecified atom stereocenters. The molecule has 2 aromatic rings. The van der Waals surface area contributed by atoms with Crippen LogP contribution in [0.2, 0.25) is 0 Å². The Bertz CT molecular complexity index is 1000. The third-order valence-electron chi connectivity index (χ3n) is 4.92. The van der Waals surface area contributed by atoms with Crippen molar-refractivity contribution in [2.24, 2.45) is 0 Å². The van der Waals surface area contributed by atoms with Gasteiger partial charge in [-0.1, -0.05) is 11.3 Å². The highest BCUT2D eigenvalue weighted by molar-refractivity contribution is 7.15. The van der Waals surface area contributed by atoms with Crippen molar-refractivity contribution in [3.05, 3.63) is 40.4 Å². The van der Waals surface area contributed by atoms with Gasteiger partial charge in [0.1, 0.15) is 0 Å². The smallest absolute Gasteiger partial charge is 0.410 e. The van der Waals surface area contributed by atoms with E-state index < -0.39 is 0 Å². The Kier molecular flexibility index (Phi) is 5.49. The summed E-state index contributed by atoms with van der Waals surface area (Å²) in [5, 5.41) is 3.24. The SMILES string of the molecule is CCOC(=O)N1CCc2nc(NC(=O)c3ccc(N4C(=O)CCC4=O)cc3)sc2C1. The first-order chi connectivity index (χ1) is 14.5. The number of anilines is 2. The van der Waals surface area contributed by atoms with Crippen molar-refractivity contribution in [1.29, 1.82) is 0 Å². The third kappa shape index (κ3) is 3.90. The summed E-state index contributed by atoms with van der Waals surface area (Å²) in [6.07, 6.45) is 0.678. The zero-order valence-electron chi connectivity index (χ0n) is 16.3. The van der Waals surface area contributed by atoms with Crippen molar-refractivity contribution in [3.8, 4) is 0 Å². The first kappa shape index (κ1) is 20.0. The molecule has 10 heteroatoms. The molecule has 0 spiro atoms. The molecule has 0 saturated carbocycles. The topological polar surface area (TPSA) is 109 Å². The maximum absolute atomic E-state index is 12.6. The van der Waals surface area contributed by atoms with Gasteiger partial charge in [-0.3, -0.25) is 24.6 Å². The van der Waals surface area contributed by atoms with E-state index in [0.29, 0.717) is 42.5 Å². The largest absolute Gasteiger partial charge is 0.450 e. The van der Waals surface area contributed by atoms with Crippen LogP contribution in [-0.4, -0.2) is 46.9 Å². The van der Waals surface area contributed by atoms with E-state index in [9.17, 15) is 19.2 Å². The van der Waals surface area contributed by atoms with Gasteiger partial charge in [0.2, 0.25) is 11.8 Å². The van der Waals surface area contributed by atoms with E-state index in [0.717, 1.165) is 15.5 Å². The molecule has 1 aromatic heterocycles. The first-order valence-electron chi connectivity index (χ1n) is 9.63. The maximum Gasteiger partial charge on any atom is 0.410 e. The van der Waals surface area contributed by atoms with Gasteiger partial charge in [0.25, 0.3) is 5.91 Å². The molecule has 1 saturated heterocycles.